The monoisotopic (exact) mass is 261 g/mol. The molecule has 0 aliphatic carbocycles. The molecule has 1 heterocycles. The van der Waals surface area contributed by atoms with Gasteiger partial charge in [-0.1, -0.05) is 13.8 Å². The predicted molar refractivity (Wildman–Crippen MR) is 69.5 cm³/mol. The van der Waals surface area contributed by atoms with Crippen molar-refractivity contribution in [2.45, 2.75) is 32.2 Å². The highest BCUT2D eigenvalue weighted by Crippen LogP contribution is 2.20. The van der Waals surface area contributed by atoms with Crippen molar-refractivity contribution in [1.82, 2.24) is 9.97 Å². The molecule has 0 aliphatic heterocycles. The van der Waals surface area contributed by atoms with Crippen LogP contribution in [-0.4, -0.2) is 27.3 Å². The second kappa shape index (κ2) is 6.26. The van der Waals surface area contributed by atoms with Crippen molar-refractivity contribution >= 4 is 29.0 Å². The van der Waals surface area contributed by atoms with E-state index in [1.807, 2.05) is 6.07 Å². The zero-order valence-corrected chi connectivity index (χ0v) is 11.1. The molecule has 0 atom stereocenters. The molecule has 0 saturated heterocycles. The van der Waals surface area contributed by atoms with E-state index >= 15 is 0 Å². The summed E-state index contributed by atoms with van der Waals surface area (Å²) in [5, 5.41) is 3.30. The Morgan fingerprint density at radius 2 is 1.94 bits per heavy atom. The lowest BCUT2D eigenvalue weighted by atomic mass is 10.0. The quantitative estimate of drug-likeness (QED) is 0.800. The summed E-state index contributed by atoms with van der Waals surface area (Å²) in [5.41, 5.74) is 0.717. The second-order valence-corrected chi connectivity index (χ2v) is 4.31. The third kappa shape index (κ3) is 3.22. The minimum absolute atomic E-state index is 0.289. The summed E-state index contributed by atoms with van der Waals surface area (Å²) in [6, 6.07) is 1.93. The molecule has 0 unspecified atom stereocenters. The minimum atomic E-state index is -0.289. The summed E-state index contributed by atoms with van der Waals surface area (Å²) < 4.78 is 0. The average Bonchev–Trinajstić information content (AvgIpc) is 2.36. The lowest BCUT2D eigenvalue weighted by molar-refractivity contribution is 0.557. The molecule has 1 aromatic heterocycles. The Labute approximate surface area is 107 Å². The van der Waals surface area contributed by atoms with Crippen molar-refractivity contribution in [3.8, 4) is 0 Å². The first-order valence-corrected chi connectivity index (χ1v) is 6.47. The average molecular weight is 262 g/mol. The Kier molecular flexibility index (Phi) is 5.29. The third-order valence-electron chi connectivity index (χ3n) is 2.67. The molecule has 5 heteroatoms. The van der Waals surface area contributed by atoms with Crippen LogP contribution in [0.4, 0.5) is 5.82 Å². The smallest absolute Gasteiger partial charge is 0.130 e. The number of aromatic nitrogens is 2. The van der Waals surface area contributed by atoms with Crippen LogP contribution >= 0.6 is 23.2 Å². The van der Waals surface area contributed by atoms with Gasteiger partial charge in [-0.2, -0.15) is 0 Å². The zero-order valence-electron chi connectivity index (χ0n) is 9.63. The first-order chi connectivity index (χ1) is 7.69. The van der Waals surface area contributed by atoms with Crippen LogP contribution in [0.1, 0.15) is 26.0 Å². The summed E-state index contributed by atoms with van der Waals surface area (Å²) in [6.07, 6.45) is 3.30. The largest absolute Gasteiger partial charge is 0.362 e. The zero-order chi connectivity index (χ0) is 12.0. The second-order valence-electron chi connectivity index (χ2n) is 3.77. The van der Waals surface area contributed by atoms with Crippen LogP contribution in [0.3, 0.4) is 0 Å². The molecule has 1 rings (SSSR count). The summed E-state index contributed by atoms with van der Waals surface area (Å²) in [4.78, 5) is 8.32. The van der Waals surface area contributed by atoms with Gasteiger partial charge in [0.05, 0.1) is 5.54 Å². The summed E-state index contributed by atoms with van der Waals surface area (Å²) in [7, 11) is 0. The minimum Gasteiger partial charge on any atom is -0.362 e. The lowest BCUT2D eigenvalue weighted by Crippen LogP contribution is -2.42. The Morgan fingerprint density at radius 3 is 2.44 bits per heavy atom. The maximum Gasteiger partial charge on any atom is 0.130 e. The van der Waals surface area contributed by atoms with Crippen molar-refractivity contribution in [1.29, 1.82) is 0 Å². The molecule has 0 bridgehead atoms. The fourth-order valence-electron chi connectivity index (χ4n) is 1.31. The van der Waals surface area contributed by atoms with E-state index in [9.17, 15) is 0 Å². The number of nitrogens with one attached hydrogen (secondary N) is 1. The van der Waals surface area contributed by atoms with Gasteiger partial charge in [-0.3, -0.25) is 0 Å². The lowest BCUT2D eigenvalue weighted by Gasteiger charge is -2.30. The fraction of sp³-hybridized carbons (Fsp3) is 0.636. The van der Waals surface area contributed by atoms with Crippen LogP contribution in [0, 0.1) is 0 Å². The number of alkyl halides is 2. The number of halogens is 2. The van der Waals surface area contributed by atoms with E-state index in [2.05, 4.69) is 29.1 Å². The molecule has 0 amide bonds. The molecule has 3 nitrogen and oxygen atoms in total. The molecule has 0 fully saturated rings. The number of rotatable bonds is 6. The molecule has 0 saturated carbocycles. The first-order valence-electron chi connectivity index (χ1n) is 5.40. The highest BCUT2D eigenvalue weighted by molar-refractivity contribution is 6.22. The van der Waals surface area contributed by atoms with Crippen molar-refractivity contribution in [3.05, 3.63) is 18.1 Å². The summed E-state index contributed by atoms with van der Waals surface area (Å²) in [5.74, 6) is 1.70. The van der Waals surface area contributed by atoms with Gasteiger partial charge in [-0.05, 0) is 12.8 Å². The first kappa shape index (κ1) is 13.5. The summed E-state index contributed by atoms with van der Waals surface area (Å²) in [6.45, 7) is 4.11. The number of hydrogen-bond donors (Lipinski definition) is 1. The Balaban J connectivity index is 2.84. The van der Waals surface area contributed by atoms with Gasteiger partial charge < -0.3 is 5.32 Å². The van der Waals surface area contributed by atoms with E-state index < -0.39 is 0 Å². The van der Waals surface area contributed by atoms with Gasteiger partial charge in [0, 0.05) is 23.5 Å². The van der Waals surface area contributed by atoms with E-state index in [1.54, 1.807) is 6.33 Å². The van der Waals surface area contributed by atoms with Crippen LogP contribution < -0.4 is 5.32 Å². The van der Waals surface area contributed by atoms with E-state index in [0.29, 0.717) is 11.8 Å². The standard InChI is InChI=1S/C11H17Cl2N3/c1-3-9-5-10(15-8-14-9)16-11(4-2,6-12)7-13/h5,8H,3-4,6-7H2,1-2H3,(H,14,15,16). The fourth-order valence-corrected chi connectivity index (χ4v) is 2.11. The molecule has 16 heavy (non-hydrogen) atoms. The molecule has 0 spiro atoms. The van der Waals surface area contributed by atoms with Crippen molar-refractivity contribution in [3.63, 3.8) is 0 Å². The number of nitrogens with zero attached hydrogens (tertiary/aromatic N) is 2. The van der Waals surface area contributed by atoms with Gasteiger partial charge in [0.2, 0.25) is 0 Å². The van der Waals surface area contributed by atoms with Crippen LogP contribution in [0.25, 0.3) is 0 Å². The Bertz CT molecular complexity index is 318. The molecule has 1 aromatic rings. The van der Waals surface area contributed by atoms with E-state index in [0.717, 1.165) is 24.4 Å². The van der Waals surface area contributed by atoms with Gasteiger partial charge in [-0.25, -0.2) is 9.97 Å². The van der Waals surface area contributed by atoms with Crippen molar-refractivity contribution in [2.24, 2.45) is 0 Å². The highest BCUT2D eigenvalue weighted by atomic mass is 35.5. The van der Waals surface area contributed by atoms with Crippen LogP contribution in [0.2, 0.25) is 0 Å². The predicted octanol–water partition coefficient (Wildman–Crippen LogP) is 3.08. The summed E-state index contributed by atoms with van der Waals surface area (Å²) >= 11 is 11.9. The van der Waals surface area contributed by atoms with E-state index in [1.165, 1.54) is 0 Å². The number of hydrogen-bond acceptors (Lipinski definition) is 3. The topological polar surface area (TPSA) is 37.8 Å². The Morgan fingerprint density at radius 1 is 1.25 bits per heavy atom. The third-order valence-corrected chi connectivity index (χ3v) is 3.69. The van der Waals surface area contributed by atoms with E-state index in [-0.39, 0.29) is 5.54 Å². The molecule has 0 radical (unpaired) electrons. The van der Waals surface area contributed by atoms with Gasteiger partial charge in [0.15, 0.2) is 0 Å². The molecule has 0 aromatic carbocycles. The van der Waals surface area contributed by atoms with Crippen molar-refractivity contribution in [2.75, 3.05) is 17.1 Å². The highest BCUT2D eigenvalue weighted by Gasteiger charge is 2.26. The Hall–Kier alpha value is -0.540. The van der Waals surface area contributed by atoms with Gasteiger partial charge in [0.25, 0.3) is 0 Å². The van der Waals surface area contributed by atoms with Crippen LogP contribution in [0.5, 0.6) is 0 Å². The number of anilines is 1. The maximum atomic E-state index is 5.96. The molecular weight excluding hydrogens is 245 g/mol. The van der Waals surface area contributed by atoms with Crippen molar-refractivity contribution < 1.29 is 0 Å². The van der Waals surface area contributed by atoms with E-state index in [4.69, 9.17) is 23.2 Å². The van der Waals surface area contributed by atoms with Crippen LogP contribution in [0.15, 0.2) is 12.4 Å². The normalized spacial score (nSPS) is 11.5. The van der Waals surface area contributed by atoms with Crippen LogP contribution in [-0.2, 0) is 6.42 Å². The van der Waals surface area contributed by atoms with Gasteiger partial charge >= 0.3 is 0 Å². The molecule has 1 N–H and O–H groups in total. The molecular formula is C11H17Cl2N3. The molecule has 0 aliphatic rings. The SMILES string of the molecule is CCc1cc(NC(CC)(CCl)CCl)ncn1. The van der Waals surface area contributed by atoms with Gasteiger partial charge in [-0.15, -0.1) is 23.2 Å². The maximum absolute atomic E-state index is 5.96. The van der Waals surface area contributed by atoms with Gasteiger partial charge in [0.1, 0.15) is 12.1 Å². The molecule has 90 valence electrons. The number of aryl methyl sites for hydroxylation is 1.